The van der Waals surface area contributed by atoms with Crippen molar-refractivity contribution in [3.05, 3.63) is 69.8 Å². The lowest BCUT2D eigenvalue weighted by Gasteiger charge is -2.11. The minimum Gasteiger partial charge on any atom is -0.497 e. The first-order valence-corrected chi connectivity index (χ1v) is 9.58. The molecule has 0 aliphatic carbocycles. The van der Waals surface area contributed by atoms with E-state index < -0.39 is 17.8 Å². The molecule has 0 unspecified atom stereocenters. The van der Waals surface area contributed by atoms with Crippen molar-refractivity contribution in [2.75, 3.05) is 20.3 Å². The van der Waals surface area contributed by atoms with Crippen LogP contribution in [0.25, 0.3) is 6.08 Å². The number of nitrogens with one attached hydrogen (secondary N) is 2. The molecule has 2 aromatic carbocycles. The third-order valence-electron chi connectivity index (χ3n) is 3.71. The van der Waals surface area contributed by atoms with E-state index in [2.05, 4.69) is 26.6 Å². The Morgan fingerprint density at radius 1 is 1.10 bits per heavy atom. The van der Waals surface area contributed by atoms with Gasteiger partial charge in [-0.15, -0.1) is 0 Å². The number of ether oxygens (including phenoxy) is 2. The molecule has 0 aliphatic rings. The standard InChI is InChI=1S/C21H21BrN2O5/c1-3-29-19(25)13-23-21(27)18(11-14-7-9-17(28-2)10-8-14)24-20(26)15-5-4-6-16(22)12-15/h4-12H,3,13H2,1-2H3,(H,23,27)(H,24,26)/b18-11-. The van der Waals surface area contributed by atoms with Gasteiger partial charge in [-0.3, -0.25) is 14.4 Å². The first kappa shape index (κ1) is 22.2. The van der Waals surface area contributed by atoms with Gasteiger partial charge in [0, 0.05) is 10.0 Å². The van der Waals surface area contributed by atoms with Gasteiger partial charge in [0.05, 0.1) is 13.7 Å². The van der Waals surface area contributed by atoms with Crippen LogP contribution in [0.15, 0.2) is 58.7 Å². The van der Waals surface area contributed by atoms with Crippen molar-refractivity contribution < 1.29 is 23.9 Å². The number of benzene rings is 2. The van der Waals surface area contributed by atoms with Crippen LogP contribution < -0.4 is 15.4 Å². The molecular weight excluding hydrogens is 440 g/mol. The molecular formula is C21H21BrN2O5. The van der Waals surface area contributed by atoms with Crippen LogP contribution in [-0.4, -0.2) is 38.0 Å². The number of hydrogen-bond acceptors (Lipinski definition) is 5. The van der Waals surface area contributed by atoms with E-state index in [1.54, 1.807) is 62.6 Å². The Balaban J connectivity index is 2.23. The van der Waals surface area contributed by atoms with Crippen molar-refractivity contribution >= 4 is 39.8 Å². The number of carbonyl (C=O) groups is 3. The van der Waals surface area contributed by atoms with Gasteiger partial charge in [0.25, 0.3) is 11.8 Å². The molecule has 0 saturated carbocycles. The highest BCUT2D eigenvalue weighted by Crippen LogP contribution is 2.15. The molecule has 0 bridgehead atoms. The van der Waals surface area contributed by atoms with E-state index in [9.17, 15) is 14.4 Å². The van der Waals surface area contributed by atoms with E-state index >= 15 is 0 Å². The zero-order chi connectivity index (χ0) is 21.2. The zero-order valence-corrected chi connectivity index (χ0v) is 17.6. The Hall–Kier alpha value is -3.13. The third kappa shape index (κ3) is 7.08. The molecule has 0 heterocycles. The molecule has 29 heavy (non-hydrogen) atoms. The average molecular weight is 461 g/mol. The summed E-state index contributed by atoms with van der Waals surface area (Å²) in [7, 11) is 1.55. The van der Waals surface area contributed by atoms with Crippen LogP contribution in [0.3, 0.4) is 0 Å². The molecule has 8 heteroatoms. The lowest BCUT2D eigenvalue weighted by Crippen LogP contribution is -2.37. The van der Waals surface area contributed by atoms with Crippen LogP contribution in [0, 0.1) is 0 Å². The lowest BCUT2D eigenvalue weighted by molar-refractivity contribution is -0.143. The Kier molecular flexibility index (Phi) is 8.42. The van der Waals surface area contributed by atoms with Gasteiger partial charge < -0.3 is 20.1 Å². The van der Waals surface area contributed by atoms with Gasteiger partial charge in [-0.25, -0.2) is 0 Å². The van der Waals surface area contributed by atoms with E-state index in [0.717, 1.165) is 4.47 Å². The Labute approximate surface area is 177 Å². The summed E-state index contributed by atoms with van der Waals surface area (Å²) in [6.07, 6.45) is 1.51. The summed E-state index contributed by atoms with van der Waals surface area (Å²) in [5.41, 5.74) is 1.03. The van der Waals surface area contributed by atoms with Crippen LogP contribution >= 0.6 is 15.9 Å². The third-order valence-corrected chi connectivity index (χ3v) is 4.20. The predicted molar refractivity (Wildman–Crippen MR) is 112 cm³/mol. The Morgan fingerprint density at radius 3 is 2.45 bits per heavy atom. The fourth-order valence-electron chi connectivity index (χ4n) is 2.31. The topological polar surface area (TPSA) is 93.7 Å². The van der Waals surface area contributed by atoms with Gasteiger partial charge >= 0.3 is 5.97 Å². The fraction of sp³-hybridized carbons (Fsp3) is 0.190. The number of amides is 2. The van der Waals surface area contributed by atoms with Gasteiger partial charge in [-0.1, -0.05) is 34.1 Å². The molecule has 2 rings (SSSR count). The van der Waals surface area contributed by atoms with Crippen molar-refractivity contribution in [1.82, 2.24) is 10.6 Å². The number of hydrogen-bond donors (Lipinski definition) is 2. The summed E-state index contributed by atoms with van der Waals surface area (Å²) in [6.45, 7) is 1.58. The summed E-state index contributed by atoms with van der Waals surface area (Å²) >= 11 is 3.31. The summed E-state index contributed by atoms with van der Waals surface area (Å²) in [5, 5.41) is 5.05. The van der Waals surface area contributed by atoms with Crippen molar-refractivity contribution in [1.29, 1.82) is 0 Å². The summed E-state index contributed by atoms with van der Waals surface area (Å²) in [4.78, 5) is 36.7. The number of methoxy groups -OCH3 is 1. The van der Waals surface area contributed by atoms with Crippen LogP contribution in [0.5, 0.6) is 5.75 Å². The predicted octanol–water partition coefficient (Wildman–Crippen LogP) is 2.91. The van der Waals surface area contributed by atoms with E-state index in [-0.39, 0.29) is 18.8 Å². The fourth-order valence-corrected chi connectivity index (χ4v) is 2.71. The quantitative estimate of drug-likeness (QED) is 0.466. The van der Waals surface area contributed by atoms with Gasteiger partial charge in [-0.05, 0) is 48.9 Å². The Bertz CT molecular complexity index is 910. The summed E-state index contributed by atoms with van der Waals surface area (Å²) < 4.78 is 10.7. The first-order valence-electron chi connectivity index (χ1n) is 8.79. The zero-order valence-electron chi connectivity index (χ0n) is 16.0. The second-order valence-corrected chi connectivity index (χ2v) is 6.70. The number of esters is 1. The van der Waals surface area contributed by atoms with Gasteiger partial charge in [0.1, 0.15) is 18.0 Å². The molecule has 0 fully saturated rings. The second kappa shape index (κ2) is 11.0. The highest BCUT2D eigenvalue weighted by atomic mass is 79.9. The average Bonchev–Trinajstić information content (AvgIpc) is 2.72. The molecule has 152 valence electrons. The molecule has 0 spiro atoms. The maximum absolute atomic E-state index is 12.6. The molecule has 0 aliphatic heterocycles. The first-order chi connectivity index (χ1) is 13.9. The van der Waals surface area contributed by atoms with Crippen molar-refractivity contribution in [3.63, 3.8) is 0 Å². The van der Waals surface area contributed by atoms with Crippen LogP contribution in [0.4, 0.5) is 0 Å². The number of halogens is 1. The molecule has 0 aromatic heterocycles. The number of carbonyl (C=O) groups excluding carboxylic acids is 3. The monoisotopic (exact) mass is 460 g/mol. The largest absolute Gasteiger partial charge is 0.497 e. The SMILES string of the molecule is CCOC(=O)CNC(=O)/C(=C/c1ccc(OC)cc1)NC(=O)c1cccc(Br)c1. The summed E-state index contributed by atoms with van der Waals surface area (Å²) in [5.74, 6) is -0.980. The van der Waals surface area contributed by atoms with Gasteiger partial charge in [0.15, 0.2) is 0 Å². The van der Waals surface area contributed by atoms with Crippen molar-refractivity contribution in [2.45, 2.75) is 6.92 Å². The smallest absolute Gasteiger partial charge is 0.325 e. The molecule has 0 radical (unpaired) electrons. The van der Waals surface area contributed by atoms with Gasteiger partial charge in [0.2, 0.25) is 0 Å². The van der Waals surface area contributed by atoms with Crippen LogP contribution in [0.2, 0.25) is 0 Å². The molecule has 2 N–H and O–H groups in total. The van der Waals surface area contributed by atoms with Crippen molar-refractivity contribution in [3.8, 4) is 5.75 Å². The van der Waals surface area contributed by atoms with E-state index in [1.165, 1.54) is 6.08 Å². The lowest BCUT2D eigenvalue weighted by atomic mass is 10.1. The molecule has 7 nitrogen and oxygen atoms in total. The van der Waals surface area contributed by atoms with Crippen molar-refractivity contribution in [2.24, 2.45) is 0 Å². The van der Waals surface area contributed by atoms with E-state index in [1.807, 2.05) is 0 Å². The highest BCUT2D eigenvalue weighted by Gasteiger charge is 2.16. The molecule has 0 atom stereocenters. The normalized spacial score (nSPS) is 10.8. The molecule has 2 aromatic rings. The summed E-state index contributed by atoms with van der Waals surface area (Å²) in [6, 6.07) is 13.7. The maximum Gasteiger partial charge on any atom is 0.325 e. The van der Waals surface area contributed by atoms with Crippen LogP contribution in [-0.2, 0) is 14.3 Å². The van der Waals surface area contributed by atoms with E-state index in [0.29, 0.717) is 16.9 Å². The minimum absolute atomic E-state index is 0.00978. The molecule has 2 amide bonds. The second-order valence-electron chi connectivity index (χ2n) is 5.78. The van der Waals surface area contributed by atoms with Crippen LogP contribution in [0.1, 0.15) is 22.8 Å². The number of rotatable bonds is 8. The Morgan fingerprint density at radius 2 is 1.83 bits per heavy atom. The van der Waals surface area contributed by atoms with E-state index in [4.69, 9.17) is 9.47 Å². The minimum atomic E-state index is -0.614. The van der Waals surface area contributed by atoms with Gasteiger partial charge in [-0.2, -0.15) is 0 Å². The maximum atomic E-state index is 12.6. The molecule has 0 saturated heterocycles. The highest BCUT2D eigenvalue weighted by molar-refractivity contribution is 9.10.